The van der Waals surface area contributed by atoms with E-state index in [1.807, 2.05) is 6.07 Å². The van der Waals surface area contributed by atoms with Gasteiger partial charge in [0, 0.05) is 6.54 Å². The summed E-state index contributed by atoms with van der Waals surface area (Å²) in [6, 6.07) is 8.33. The standard InChI is InChI=1S/C15H23N3S/c1-3-18(4-2)11-7-10-16-12-15-17-13-8-5-6-9-14(13)19-15/h5-6,8-9,16H,3-4,7,10-12H2,1-2H3. The maximum Gasteiger partial charge on any atom is 0.108 e. The molecular formula is C15H23N3S. The molecule has 0 aliphatic heterocycles. The molecule has 3 nitrogen and oxygen atoms in total. The Morgan fingerprint density at radius 2 is 2.00 bits per heavy atom. The van der Waals surface area contributed by atoms with E-state index in [1.54, 1.807) is 11.3 Å². The maximum absolute atomic E-state index is 4.62. The fraction of sp³-hybridized carbons (Fsp3) is 0.533. The third-order valence-electron chi connectivity index (χ3n) is 3.34. The van der Waals surface area contributed by atoms with Crippen molar-refractivity contribution in [3.05, 3.63) is 29.3 Å². The van der Waals surface area contributed by atoms with Gasteiger partial charge in [-0.2, -0.15) is 0 Å². The molecule has 19 heavy (non-hydrogen) atoms. The Hall–Kier alpha value is -0.970. The molecule has 0 fully saturated rings. The largest absolute Gasteiger partial charge is 0.310 e. The highest BCUT2D eigenvalue weighted by molar-refractivity contribution is 7.18. The topological polar surface area (TPSA) is 28.2 Å². The lowest BCUT2D eigenvalue weighted by Gasteiger charge is -2.17. The first-order valence-corrected chi connectivity index (χ1v) is 7.92. The van der Waals surface area contributed by atoms with E-state index in [0.717, 1.165) is 31.7 Å². The van der Waals surface area contributed by atoms with Crippen LogP contribution in [0.4, 0.5) is 0 Å². The average Bonchev–Trinajstić information content (AvgIpc) is 2.85. The van der Waals surface area contributed by atoms with E-state index in [4.69, 9.17) is 0 Å². The number of hydrogen-bond acceptors (Lipinski definition) is 4. The molecular weight excluding hydrogens is 254 g/mol. The molecule has 1 heterocycles. The molecule has 0 aliphatic carbocycles. The average molecular weight is 277 g/mol. The van der Waals surface area contributed by atoms with E-state index in [2.05, 4.69) is 47.2 Å². The van der Waals surface area contributed by atoms with Gasteiger partial charge in [-0.25, -0.2) is 4.98 Å². The zero-order valence-electron chi connectivity index (χ0n) is 11.9. The summed E-state index contributed by atoms with van der Waals surface area (Å²) < 4.78 is 1.28. The first-order chi connectivity index (χ1) is 9.33. The number of hydrogen-bond donors (Lipinski definition) is 1. The van der Waals surface area contributed by atoms with Crippen molar-refractivity contribution < 1.29 is 0 Å². The quantitative estimate of drug-likeness (QED) is 0.751. The molecule has 0 amide bonds. The van der Waals surface area contributed by atoms with Crippen molar-refractivity contribution in [2.45, 2.75) is 26.8 Å². The fourth-order valence-corrected chi connectivity index (χ4v) is 3.10. The first kappa shape index (κ1) is 14.4. The number of nitrogens with one attached hydrogen (secondary N) is 1. The normalized spacial score (nSPS) is 11.5. The van der Waals surface area contributed by atoms with Crippen molar-refractivity contribution >= 4 is 21.6 Å². The Bertz CT molecular complexity index is 458. The second-order valence-electron chi connectivity index (χ2n) is 4.63. The highest BCUT2D eigenvalue weighted by Gasteiger charge is 2.02. The molecule has 0 saturated heterocycles. The smallest absolute Gasteiger partial charge is 0.108 e. The molecule has 0 aliphatic rings. The van der Waals surface area contributed by atoms with Gasteiger partial charge in [-0.1, -0.05) is 26.0 Å². The minimum Gasteiger partial charge on any atom is -0.310 e. The van der Waals surface area contributed by atoms with Crippen LogP contribution >= 0.6 is 11.3 Å². The lowest BCUT2D eigenvalue weighted by atomic mass is 10.3. The number of benzene rings is 1. The van der Waals surface area contributed by atoms with Crippen molar-refractivity contribution in [3.63, 3.8) is 0 Å². The molecule has 0 bridgehead atoms. The zero-order valence-corrected chi connectivity index (χ0v) is 12.7. The van der Waals surface area contributed by atoms with Gasteiger partial charge in [-0.3, -0.25) is 0 Å². The number of thiazole rings is 1. The van der Waals surface area contributed by atoms with E-state index >= 15 is 0 Å². The highest BCUT2D eigenvalue weighted by atomic mass is 32.1. The number of nitrogens with zero attached hydrogens (tertiary/aromatic N) is 2. The van der Waals surface area contributed by atoms with Gasteiger partial charge in [-0.15, -0.1) is 11.3 Å². The summed E-state index contributed by atoms with van der Waals surface area (Å²) in [7, 11) is 0. The van der Waals surface area contributed by atoms with Gasteiger partial charge >= 0.3 is 0 Å². The van der Waals surface area contributed by atoms with Crippen molar-refractivity contribution in [2.75, 3.05) is 26.2 Å². The molecule has 104 valence electrons. The van der Waals surface area contributed by atoms with Gasteiger partial charge in [-0.05, 0) is 44.7 Å². The van der Waals surface area contributed by atoms with Crippen LogP contribution in [0.25, 0.3) is 10.2 Å². The minimum absolute atomic E-state index is 0.887. The third kappa shape index (κ3) is 4.27. The van der Waals surface area contributed by atoms with E-state index in [1.165, 1.54) is 22.7 Å². The van der Waals surface area contributed by atoms with Crippen LogP contribution in [0.5, 0.6) is 0 Å². The summed E-state index contributed by atoms with van der Waals surface area (Å²) in [5.74, 6) is 0. The van der Waals surface area contributed by atoms with Crippen LogP contribution in [0.1, 0.15) is 25.3 Å². The Balaban J connectivity index is 1.71. The van der Waals surface area contributed by atoms with Gasteiger partial charge in [0.25, 0.3) is 0 Å². The molecule has 2 rings (SSSR count). The van der Waals surface area contributed by atoms with Crippen molar-refractivity contribution in [1.82, 2.24) is 15.2 Å². The molecule has 4 heteroatoms. The number of aromatic nitrogens is 1. The molecule has 0 radical (unpaired) electrons. The molecule has 0 unspecified atom stereocenters. The summed E-state index contributed by atoms with van der Waals surface area (Å²) in [5.41, 5.74) is 1.12. The second-order valence-corrected chi connectivity index (χ2v) is 5.75. The van der Waals surface area contributed by atoms with Gasteiger partial charge in [0.05, 0.1) is 10.2 Å². The Morgan fingerprint density at radius 3 is 2.74 bits per heavy atom. The molecule has 1 N–H and O–H groups in total. The summed E-state index contributed by atoms with van der Waals surface area (Å²) >= 11 is 1.79. The first-order valence-electron chi connectivity index (χ1n) is 7.11. The van der Waals surface area contributed by atoms with E-state index in [0.29, 0.717) is 0 Å². The van der Waals surface area contributed by atoms with Crippen LogP contribution in [0.2, 0.25) is 0 Å². The summed E-state index contributed by atoms with van der Waals surface area (Å²) in [6.45, 7) is 9.86. The Labute approximate surface area is 119 Å². The monoisotopic (exact) mass is 277 g/mol. The molecule has 1 aromatic heterocycles. The van der Waals surface area contributed by atoms with Crippen molar-refractivity contribution in [3.8, 4) is 0 Å². The van der Waals surface area contributed by atoms with Crippen LogP contribution in [0.3, 0.4) is 0 Å². The zero-order chi connectivity index (χ0) is 13.5. The van der Waals surface area contributed by atoms with Gasteiger partial charge in [0.15, 0.2) is 0 Å². The summed E-state index contributed by atoms with van der Waals surface area (Å²) in [5, 5.41) is 4.67. The van der Waals surface area contributed by atoms with Crippen molar-refractivity contribution in [2.24, 2.45) is 0 Å². The molecule has 1 aromatic carbocycles. The highest BCUT2D eigenvalue weighted by Crippen LogP contribution is 2.21. The van der Waals surface area contributed by atoms with Crippen LogP contribution in [0, 0.1) is 0 Å². The molecule has 0 spiro atoms. The van der Waals surface area contributed by atoms with Crippen LogP contribution in [0.15, 0.2) is 24.3 Å². The van der Waals surface area contributed by atoms with E-state index in [-0.39, 0.29) is 0 Å². The van der Waals surface area contributed by atoms with E-state index < -0.39 is 0 Å². The molecule has 0 atom stereocenters. The predicted octanol–water partition coefficient (Wildman–Crippen LogP) is 3.12. The SMILES string of the molecule is CCN(CC)CCCNCc1nc2ccccc2s1. The predicted molar refractivity (Wildman–Crippen MR) is 83.7 cm³/mol. The Morgan fingerprint density at radius 1 is 1.21 bits per heavy atom. The number of rotatable bonds is 8. The third-order valence-corrected chi connectivity index (χ3v) is 4.37. The van der Waals surface area contributed by atoms with Gasteiger partial charge in [0.1, 0.15) is 5.01 Å². The summed E-state index contributed by atoms with van der Waals surface area (Å²) in [4.78, 5) is 7.08. The van der Waals surface area contributed by atoms with Crippen LogP contribution < -0.4 is 5.32 Å². The fourth-order valence-electron chi connectivity index (χ4n) is 2.16. The number of fused-ring (bicyclic) bond motifs is 1. The Kier molecular flexibility index (Phi) is 5.76. The van der Waals surface area contributed by atoms with Gasteiger partial charge in [0.2, 0.25) is 0 Å². The molecule has 0 saturated carbocycles. The molecule has 2 aromatic rings. The summed E-state index contributed by atoms with van der Waals surface area (Å²) in [6.07, 6.45) is 1.20. The number of para-hydroxylation sites is 1. The second kappa shape index (κ2) is 7.58. The van der Waals surface area contributed by atoms with Gasteiger partial charge < -0.3 is 10.2 Å². The van der Waals surface area contributed by atoms with Crippen molar-refractivity contribution in [1.29, 1.82) is 0 Å². The van der Waals surface area contributed by atoms with E-state index in [9.17, 15) is 0 Å². The van der Waals surface area contributed by atoms with Crippen LogP contribution in [-0.4, -0.2) is 36.1 Å². The maximum atomic E-state index is 4.62. The lowest BCUT2D eigenvalue weighted by Crippen LogP contribution is -2.27. The lowest BCUT2D eigenvalue weighted by molar-refractivity contribution is 0.298. The van der Waals surface area contributed by atoms with Crippen LogP contribution in [-0.2, 0) is 6.54 Å². The minimum atomic E-state index is 0.887.